The van der Waals surface area contributed by atoms with Gasteiger partial charge in [-0.15, -0.1) is 5.10 Å². The van der Waals surface area contributed by atoms with Crippen LogP contribution < -0.4 is 5.32 Å². The number of amides is 1. The Kier molecular flexibility index (Phi) is 3.92. The molecule has 0 unspecified atom stereocenters. The van der Waals surface area contributed by atoms with Crippen LogP contribution in [0, 0.1) is 0 Å². The molecule has 104 valence electrons. The zero-order valence-corrected chi connectivity index (χ0v) is 12.7. The molecule has 0 saturated heterocycles. The molecule has 20 heavy (non-hydrogen) atoms. The topological polar surface area (TPSA) is 54.9 Å². The second-order valence-electron chi connectivity index (χ2n) is 4.72. The van der Waals surface area contributed by atoms with Crippen molar-refractivity contribution in [2.75, 3.05) is 0 Å². The Morgan fingerprint density at radius 2 is 2.20 bits per heavy atom. The fourth-order valence-electron chi connectivity index (χ4n) is 2.35. The summed E-state index contributed by atoms with van der Waals surface area (Å²) in [6, 6.07) is 5.57. The molecule has 1 amide bonds. The number of hydrogen-bond acceptors (Lipinski definition) is 4. The maximum absolute atomic E-state index is 12.0. The number of benzene rings is 1. The largest absolute Gasteiger partial charge is 0.347 e. The van der Waals surface area contributed by atoms with Gasteiger partial charge >= 0.3 is 0 Å². The third kappa shape index (κ3) is 2.66. The molecule has 4 nitrogen and oxygen atoms in total. The van der Waals surface area contributed by atoms with E-state index in [1.165, 1.54) is 0 Å². The van der Waals surface area contributed by atoms with Crippen LogP contribution in [0.1, 0.15) is 34.8 Å². The van der Waals surface area contributed by atoms with E-state index in [0.29, 0.717) is 15.7 Å². The van der Waals surface area contributed by atoms with Gasteiger partial charge in [0.05, 0.1) is 0 Å². The van der Waals surface area contributed by atoms with E-state index in [4.69, 9.17) is 23.2 Å². The Hall–Kier alpha value is -1.17. The Morgan fingerprint density at radius 3 is 2.80 bits per heavy atom. The van der Waals surface area contributed by atoms with Gasteiger partial charge < -0.3 is 5.32 Å². The second-order valence-corrected chi connectivity index (χ2v) is 6.17. The van der Waals surface area contributed by atoms with Crippen LogP contribution in [0.5, 0.6) is 0 Å². The Balaban J connectivity index is 1.72. The van der Waals surface area contributed by atoms with Gasteiger partial charge in [0.15, 0.2) is 5.69 Å². The summed E-state index contributed by atoms with van der Waals surface area (Å²) in [6.07, 6.45) is 1.94. The number of nitrogens with one attached hydrogen (secondary N) is 1. The lowest BCUT2D eigenvalue weighted by atomic mass is 9.75. The van der Waals surface area contributed by atoms with Crippen LogP contribution in [0.4, 0.5) is 0 Å². The van der Waals surface area contributed by atoms with E-state index in [1.807, 2.05) is 12.1 Å². The molecule has 1 N–H and O–H groups in total. The standard InChI is InChI=1S/C13H11Cl2N3OS/c14-7-1-2-8(10(15)5-7)9-3-4-11(9)16-13(19)12-6-20-18-17-12/h1-2,5-6,9,11H,3-4H2,(H,16,19)/t9-,11-/m0/s1. The summed E-state index contributed by atoms with van der Waals surface area (Å²) in [4.78, 5) is 12.0. The molecule has 1 heterocycles. The number of halogens is 2. The fraction of sp³-hybridized carbons (Fsp3) is 0.308. The van der Waals surface area contributed by atoms with E-state index in [0.717, 1.165) is 29.9 Å². The van der Waals surface area contributed by atoms with Crippen molar-refractivity contribution in [2.24, 2.45) is 0 Å². The lowest BCUT2D eigenvalue weighted by Gasteiger charge is -2.37. The second kappa shape index (κ2) is 5.68. The predicted octanol–water partition coefficient (Wildman–Crippen LogP) is 3.52. The summed E-state index contributed by atoms with van der Waals surface area (Å²) in [5.74, 6) is 0.0499. The molecule has 0 bridgehead atoms. The molecule has 1 aliphatic rings. The summed E-state index contributed by atoms with van der Waals surface area (Å²) in [5, 5.41) is 9.66. The third-order valence-corrected chi connectivity index (χ3v) is 4.61. The number of hydrogen-bond donors (Lipinski definition) is 1. The third-order valence-electron chi connectivity index (χ3n) is 3.55. The minimum absolute atomic E-state index is 0.0860. The summed E-state index contributed by atoms with van der Waals surface area (Å²) in [6.45, 7) is 0. The zero-order chi connectivity index (χ0) is 14.1. The van der Waals surface area contributed by atoms with Gasteiger partial charge in [-0.05, 0) is 42.1 Å². The van der Waals surface area contributed by atoms with Crippen molar-refractivity contribution < 1.29 is 4.79 Å². The molecular formula is C13H11Cl2N3OS. The first-order chi connectivity index (χ1) is 9.65. The van der Waals surface area contributed by atoms with Gasteiger partial charge in [0.25, 0.3) is 5.91 Å². The van der Waals surface area contributed by atoms with E-state index in [9.17, 15) is 4.79 Å². The molecule has 2 atom stereocenters. The SMILES string of the molecule is O=C(N[C@H]1CC[C@H]1c1ccc(Cl)cc1Cl)c1csnn1. The highest BCUT2D eigenvalue weighted by molar-refractivity contribution is 7.03. The van der Waals surface area contributed by atoms with Crippen LogP contribution in [0.25, 0.3) is 0 Å². The summed E-state index contributed by atoms with van der Waals surface area (Å²) in [5.41, 5.74) is 1.40. The first-order valence-corrected chi connectivity index (χ1v) is 7.77. The van der Waals surface area contributed by atoms with Crippen LogP contribution in [0.3, 0.4) is 0 Å². The smallest absolute Gasteiger partial charge is 0.272 e. The highest BCUT2D eigenvalue weighted by Gasteiger charge is 2.35. The number of carbonyl (C=O) groups excluding carboxylic acids is 1. The molecule has 1 saturated carbocycles. The van der Waals surface area contributed by atoms with E-state index in [2.05, 4.69) is 14.9 Å². The highest BCUT2D eigenvalue weighted by Crippen LogP contribution is 2.40. The van der Waals surface area contributed by atoms with Crippen LogP contribution in [0.2, 0.25) is 10.0 Å². The molecule has 1 aromatic heterocycles. The molecule has 2 aromatic rings. The Labute approximate surface area is 130 Å². The van der Waals surface area contributed by atoms with Crippen molar-refractivity contribution in [2.45, 2.75) is 24.8 Å². The van der Waals surface area contributed by atoms with Crippen LogP contribution >= 0.6 is 34.7 Å². The first-order valence-electron chi connectivity index (χ1n) is 6.18. The fourth-order valence-corrected chi connectivity index (χ4v) is 3.34. The molecule has 1 fully saturated rings. The maximum atomic E-state index is 12.0. The Morgan fingerprint density at radius 1 is 1.35 bits per heavy atom. The van der Waals surface area contributed by atoms with Gasteiger partial charge in [0, 0.05) is 27.4 Å². The zero-order valence-electron chi connectivity index (χ0n) is 10.3. The van der Waals surface area contributed by atoms with Gasteiger partial charge in [-0.2, -0.15) is 0 Å². The van der Waals surface area contributed by atoms with Crippen molar-refractivity contribution >= 4 is 40.6 Å². The van der Waals surface area contributed by atoms with E-state index in [1.54, 1.807) is 11.4 Å². The molecule has 7 heteroatoms. The molecule has 1 aliphatic carbocycles. The average molecular weight is 328 g/mol. The van der Waals surface area contributed by atoms with Crippen molar-refractivity contribution in [3.8, 4) is 0 Å². The number of carbonyl (C=O) groups is 1. The summed E-state index contributed by atoms with van der Waals surface area (Å²) < 4.78 is 3.69. The minimum atomic E-state index is -0.182. The average Bonchev–Trinajstić information content (AvgIpc) is 2.91. The van der Waals surface area contributed by atoms with Crippen LogP contribution in [-0.4, -0.2) is 21.5 Å². The molecule has 3 rings (SSSR count). The van der Waals surface area contributed by atoms with Gasteiger partial charge in [0.2, 0.25) is 0 Å². The predicted molar refractivity (Wildman–Crippen MR) is 79.6 cm³/mol. The van der Waals surface area contributed by atoms with Gasteiger partial charge in [-0.1, -0.05) is 33.8 Å². The monoisotopic (exact) mass is 327 g/mol. The summed E-state index contributed by atoms with van der Waals surface area (Å²) in [7, 11) is 0. The van der Waals surface area contributed by atoms with E-state index < -0.39 is 0 Å². The van der Waals surface area contributed by atoms with Gasteiger partial charge in [-0.3, -0.25) is 4.79 Å². The highest BCUT2D eigenvalue weighted by atomic mass is 35.5. The minimum Gasteiger partial charge on any atom is -0.347 e. The summed E-state index contributed by atoms with van der Waals surface area (Å²) >= 11 is 13.3. The van der Waals surface area contributed by atoms with Crippen molar-refractivity contribution in [1.82, 2.24) is 14.9 Å². The van der Waals surface area contributed by atoms with E-state index >= 15 is 0 Å². The lowest BCUT2D eigenvalue weighted by Crippen LogP contribution is -2.45. The number of aromatic nitrogens is 2. The van der Waals surface area contributed by atoms with Crippen molar-refractivity contribution in [3.63, 3.8) is 0 Å². The van der Waals surface area contributed by atoms with Gasteiger partial charge in [0.1, 0.15) is 0 Å². The van der Waals surface area contributed by atoms with Crippen molar-refractivity contribution in [1.29, 1.82) is 0 Å². The van der Waals surface area contributed by atoms with E-state index in [-0.39, 0.29) is 17.9 Å². The first kappa shape index (κ1) is 13.8. The van der Waals surface area contributed by atoms with Gasteiger partial charge in [-0.25, -0.2) is 0 Å². The molecule has 0 spiro atoms. The van der Waals surface area contributed by atoms with Crippen LogP contribution in [0.15, 0.2) is 23.6 Å². The number of rotatable bonds is 3. The number of nitrogens with zero attached hydrogens (tertiary/aromatic N) is 2. The molecule has 0 radical (unpaired) electrons. The van der Waals surface area contributed by atoms with Crippen molar-refractivity contribution in [3.05, 3.63) is 44.9 Å². The lowest BCUT2D eigenvalue weighted by molar-refractivity contribution is 0.0899. The Bertz CT molecular complexity index is 633. The molecule has 0 aliphatic heterocycles. The molecule has 1 aromatic carbocycles. The maximum Gasteiger partial charge on any atom is 0.272 e. The molecular weight excluding hydrogens is 317 g/mol. The quantitative estimate of drug-likeness (QED) is 0.938. The van der Waals surface area contributed by atoms with Crippen LogP contribution in [-0.2, 0) is 0 Å². The normalized spacial score (nSPS) is 21.3.